The predicted octanol–water partition coefficient (Wildman–Crippen LogP) is 1.10. The Bertz CT molecular complexity index is 646. The molecule has 0 N–H and O–H groups in total. The third-order valence-electron chi connectivity index (χ3n) is 3.09. The van der Waals surface area contributed by atoms with Crippen LogP contribution in [-0.2, 0) is 16.0 Å². The Kier molecular flexibility index (Phi) is 4.46. The molecule has 7 nitrogen and oxygen atoms in total. The van der Waals surface area contributed by atoms with Gasteiger partial charge in [-0.2, -0.15) is 9.78 Å². The topological polar surface area (TPSA) is 86.4 Å². The van der Waals surface area contributed by atoms with Crippen molar-refractivity contribution in [3.8, 4) is 0 Å². The van der Waals surface area contributed by atoms with Crippen LogP contribution in [0.2, 0.25) is 0 Å². The Balaban J connectivity index is 2.34. The lowest BCUT2D eigenvalue weighted by molar-refractivity contribution is -0.140. The summed E-state index contributed by atoms with van der Waals surface area (Å²) in [7, 11) is 1.31. The zero-order valence-electron chi connectivity index (χ0n) is 12.5. The van der Waals surface area contributed by atoms with E-state index in [0.29, 0.717) is 10.9 Å². The Morgan fingerprint density at radius 2 is 2.10 bits per heavy atom. The van der Waals surface area contributed by atoms with Crippen LogP contribution in [0.3, 0.4) is 0 Å². The SMILES string of the molecule is COC(=O)CCc1nnc2n(c1=O)N=C(C(C)(C)C)CS2. The molecule has 0 radical (unpaired) electrons. The van der Waals surface area contributed by atoms with E-state index in [0.717, 1.165) is 5.71 Å². The highest BCUT2D eigenvalue weighted by molar-refractivity contribution is 7.99. The molecule has 114 valence electrons. The molecule has 8 heteroatoms. The molecule has 0 fully saturated rings. The van der Waals surface area contributed by atoms with Crippen LogP contribution in [-0.4, -0.2) is 39.4 Å². The molecule has 0 aromatic carbocycles. The summed E-state index contributed by atoms with van der Waals surface area (Å²) in [4.78, 5) is 23.5. The van der Waals surface area contributed by atoms with Gasteiger partial charge in [-0.05, 0) is 0 Å². The molecule has 1 aromatic heterocycles. The van der Waals surface area contributed by atoms with Gasteiger partial charge in [0.05, 0.1) is 19.2 Å². The largest absolute Gasteiger partial charge is 0.469 e. The summed E-state index contributed by atoms with van der Waals surface area (Å²) in [5, 5.41) is 12.8. The highest BCUT2D eigenvalue weighted by Crippen LogP contribution is 2.26. The van der Waals surface area contributed by atoms with Crippen LogP contribution < -0.4 is 5.56 Å². The number of aromatic nitrogens is 3. The van der Waals surface area contributed by atoms with E-state index in [1.807, 2.05) is 0 Å². The summed E-state index contributed by atoms with van der Waals surface area (Å²) < 4.78 is 5.84. The van der Waals surface area contributed by atoms with Crippen molar-refractivity contribution in [3.63, 3.8) is 0 Å². The lowest BCUT2D eigenvalue weighted by Crippen LogP contribution is -2.33. The van der Waals surface area contributed by atoms with Crippen molar-refractivity contribution < 1.29 is 9.53 Å². The summed E-state index contributed by atoms with van der Waals surface area (Å²) >= 11 is 1.44. The Morgan fingerprint density at radius 1 is 1.38 bits per heavy atom. The van der Waals surface area contributed by atoms with Crippen LogP contribution in [0.1, 0.15) is 32.9 Å². The second-order valence-corrected chi connectivity index (χ2v) is 6.65. The molecule has 0 amide bonds. The van der Waals surface area contributed by atoms with Crippen molar-refractivity contribution in [1.29, 1.82) is 0 Å². The van der Waals surface area contributed by atoms with Gasteiger partial charge < -0.3 is 4.74 Å². The third kappa shape index (κ3) is 3.49. The van der Waals surface area contributed by atoms with E-state index in [9.17, 15) is 9.59 Å². The van der Waals surface area contributed by atoms with Crippen LogP contribution in [0.15, 0.2) is 15.1 Å². The minimum atomic E-state index is -0.382. The number of carbonyl (C=O) groups excluding carboxylic acids is 1. The third-order valence-corrected chi connectivity index (χ3v) is 4.03. The first-order valence-electron chi connectivity index (χ1n) is 6.59. The number of hydrogen-bond acceptors (Lipinski definition) is 7. The normalized spacial score (nSPS) is 14.4. The van der Waals surface area contributed by atoms with Crippen molar-refractivity contribution in [2.45, 2.75) is 38.8 Å². The lowest BCUT2D eigenvalue weighted by Gasteiger charge is -2.24. The first-order chi connectivity index (χ1) is 9.82. The molecule has 0 saturated heterocycles. The van der Waals surface area contributed by atoms with Gasteiger partial charge in [-0.1, -0.05) is 32.5 Å². The fourth-order valence-corrected chi connectivity index (χ4v) is 2.81. The van der Waals surface area contributed by atoms with Crippen LogP contribution >= 0.6 is 11.8 Å². The number of esters is 1. The number of aryl methyl sites for hydroxylation is 1. The van der Waals surface area contributed by atoms with Gasteiger partial charge in [-0.3, -0.25) is 9.59 Å². The standard InChI is InChI=1S/C13H18N4O3S/c1-13(2,3)9-7-21-12-15-14-8(5-6-10(18)20-4)11(19)17(12)16-9/h5-7H2,1-4H3. The van der Waals surface area contributed by atoms with Crippen LogP contribution in [0, 0.1) is 5.41 Å². The smallest absolute Gasteiger partial charge is 0.305 e. The molecule has 21 heavy (non-hydrogen) atoms. The van der Waals surface area contributed by atoms with Gasteiger partial charge in [0.1, 0.15) is 5.69 Å². The number of nitrogens with zero attached hydrogens (tertiary/aromatic N) is 4. The summed E-state index contributed by atoms with van der Waals surface area (Å²) in [5.41, 5.74) is 0.718. The van der Waals surface area contributed by atoms with Crippen molar-refractivity contribution in [1.82, 2.24) is 14.9 Å². The quantitative estimate of drug-likeness (QED) is 0.777. The molecule has 0 bridgehead atoms. The van der Waals surface area contributed by atoms with Gasteiger partial charge in [0.15, 0.2) is 0 Å². The maximum atomic E-state index is 12.4. The molecule has 2 rings (SSSR count). The van der Waals surface area contributed by atoms with Gasteiger partial charge >= 0.3 is 5.97 Å². The molecule has 0 aliphatic carbocycles. The van der Waals surface area contributed by atoms with E-state index >= 15 is 0 Å². The van der Waals surface area contributed by atoms with E-state index in [-0.39, 0.29) is 35.5 Å². The predicted molar refractivity (Wildman–Crippen MR) is 79.6 cm³/mol. The van der Waals surface area contributed by atoms with Crippen molar-refractivity contribution in [2.75, 3.05) is 12.9 Å². The molecule has 1 aliphatic heterocycles. The zero-order valence-corrected chi connectivity index (χ0v) is 13.4. The van der Waals surface area contributed by atoms with E-state index in [4.69, 9.17) is 0 Å². The number of fused-ring (bicyclic) bond motifs is 1. The number of methoxy groups -OCH3 is 1. The molecule has 0 spiro atoms. The first-order valence-corrected chi connectivity index (χ1v) is 7.58. The Labute approximate surface area is 126 Å². The minimum Gasteiger partial charge on any atom is -0.469 e. The number of ether oxygens (including phenoxy) is 1. The van der Waals surface area contributed by atoms with E-state index in [1.165, 1.54) is 23.5 Å². The van der Waals surface area contributed by atoms with Crippen molar-refractivity contribution >= 4 is 23.4 Å². The maximum Gasteiger partial charge on any atom is 0.305 e. The van der Waals surface area contributed by atoms with E-state index in [2.05, 4.69) is 40.8 Å². The highest BCUT2D eigenvalue weighted by Gasteiger charge is 2.25. The molecule has 0 saturated carbocycles. The Morgan fingerprint density at radius 3 is 2.71 bits per heavy atom. The average molecular weight is 310 g/mol. The number of hydrogen-bond donors (Lipinski definition) is 0. The van der Waals surface area contributed by atoms with Gasteiger partial charge in [0.2, 0.25) is 5.16 Å². The molecular weight excluding hydrogens is 292 g/mol. The van der Waals surface area contributed by atoms with Gasteiger partial charge in [-0.25, -0.2) is 0 Å². The van der Waals surface area contributed by atoms with Crippen molar-refractivity contribution in [2.24, 2.45) is 10.5 Å². The molecule has 0 unspecified atom stereocenters. The second kappa shape index (κ2) is 5.97. The van der Waals surface area contributed by atoms with E-state index in [1.54, 1.807) is 0 Å². The monoisotopic (exact) mass is 310 g/mol. The van der Waals surface area contributed by atoms with Crippen LogP contribution in [0.4, 0.5) is 0 Å². The summed E-state index contributed by atoms with van der Waals surface area (Å²) in [6.45, 7) is 6.15. The summed E-state index contributed by atoms with van der Waals surface area (Å²) in [5.74, 6) is 0.311. The molecule has 0 atom stereocenters. The second-order valence-electron chi connectivity index (χ2n) is 5.71. The Hall–Kier alpha value is -1.70. The molecular formula is C13H18N4O3S. The number of rotatable bonds is 3. The molecule has 1 aromatic rings. The fraction of sp³-hybridized carbons (Fsp3) is 0.615. The molecule has 2 heterocycles. The summed E-state index contributed by atoms with van der Waals surface area (Å²) in [6.07, 6.45) is 0.298. The first kappa shape index (κ1) is 15.7. The lowest BCUT2D eigenvalue weighted by atomic mass is 9.91. The number of thioether (sulfide) groups is 1. The van der Waals surface area contributed by atoms with Gasteiger partial charge in [0, 0.05) is 17.6 Å². The highest BCUT2D eigenvalue weighted by atomic mass is 32.2. The maximum absolute atomic E-state index is 12.4. The van der Waals surface area contributed by atoms with E-state index < -0.39 is 0 Å². The van der Waals surface area contributed by atoms with Gasteiger partial charge in [-0.15, -0.1) is 10.2 Å². The molecule has 1 aliphatic rings. The van der Waals surface area contributed by atoms with Crippen LogP contribution in [0.5, 0.6) is 0 Å². The van der Waals surface area contributed by atoms with Gasteiger partial charge in [0.25, 0.3) is 5.56 Å². The number of carbonyl (C=O) groups is 1. The zero-order chi connectivity index (χ0) is 15.6. The average Bonchev–Trinajstić information content (AvgIpc) is 2.45. The summed E-state index contributed by atoms with van der Waals surface area (Å²) in [6, 6.07) is 0. The van der Waals surface area contributed by atoms with Crippen LogP contribution in [0.25, 0.3) is 0 Å². The minimum absolute atomic E-state index is 0.1000. The fourth-order valence-electron chi connectivity index (χ4n) is 1.70. The van der Waals surface area contributed by atoms with Crippen molar-refractivity contribution in [3.05, 3.63) is 16.0 Å².